The molecule has 0 saturated carbocycles. The molecule has 2 rings (SSSR count). The van der Waals surface area contributed by atoms with Gasteiger partial charge in [-0.25, -0.2) is 0 Å². The summed E-state index contributed by atoms with van der Waals surface area (Å²) in [4.78, 5) is 0. The van der Waals surface area contributed by atoms with Gasteiger partial charge in [0.05, 0.1) is 0 Å². The first-order valence-corrected chi connectivity index (χ1v) is 5.99. The number of nitrogens with one attached hydrogen (secondary N) is 1. The van der Waals surface area contributed by atoms with E-state index >= 15 is 0 Å². The smallest absolute Gasteiger partial charge is 0.115 e. The Morgan fingerprint density at radius 1 is 0.941 bits per heavy atom. The quantitative estimate of drug-likeness (QED) is 0.721. The molecular formula is C14H24N2O. The molecule has 2 aromatic rings. The highest BCUT2D eigenvalue weighted by Crippen LogP contribution is 2.02. The molecule has 1 heterocycles. The number of aromatic amines is 1. The number of hydrogen-bond acceptors (Lipinski definition) is 2. The van der Waals surface area contributed by atoms with E-state index in [1.54, 1.807) is 30.5 Å². The molecule has 0 amide bonds. The fourth-order valence-electron chi connectivity index (χ4n) is 0.753. The second-order valence-corrected chi connectivity index (χ2v) is 2.58. The molecule has 1 aromatic carbocycles. The predicted octanol–water partition coefficient (Wildman–Crippen LogP) is 4.16. The zero-order valence-electron chi connectivity index (χ0n) is 11.4. The molecule has 0 unspecified atom stereocenters. The highest BCUT2D eigenvalue weighted by Gasteiger charge is 1.75. The van der Waals surface area contributed by atoms with Gasteiger partial charge in [-0.1, -0.05) is 45.9 Å². The average Bonchev–Trinajstić information content (AvgIpc) is 2.87. The predicted molar refractivity (Wildman–Crippen MR) is 74.1 cm³/mol. The molecule has 0 aliphatic heterocycles. The van der Waals surface area contributed by atoms with E-state index in [9.17, 15) is 0 Å². The third kappa shape index (κ3) is 12.2. The first-order valence-electron chi connectivity index (χ1n) is 5.99. The van der Waals surface area contributed by atoms with Crippen molar-refractivity contribution in [2.45, 2.75) is 34.6 Å². The van der Waals surface area contributed by atoms with Crippen LogP contribution < -0.4 is 0 Å². The summed E-state index contributed by atoms with van der Waals surface area (Å²) in [5.74, 6) is 0.322. The standard InChI is InChI=1S/C6H6O.C4H6N2.2C2H6/c7-6-4-2-1-3-5-6;1-4-2-3-5-6-4;2*1-2/h1-5,7H;2-3H,1H3,(H,5,6);2*1-2H3. The largest absolute Gasteiger partial charge is 0.508 e. The van der Waals surface area contributed by atoms with Gasteiger partial charge in [0.1, 0.15) is 5.75 Å². The molecule has 0 bridgehead atoms. The van der Waals surface area contributed by atoms with E-state index in [2.05, 4.69) is 10.2 Å². The lowest BCUT2D eigenvalue weighted by molar-refractivity contribution is 0.475. The minimum absolute atomic E-state index is 0.322. The van der Waals surface area contributed by atoms with E-state index in [1.165, 1.54) is 0 Å². The number of aromatic hydroxyl groups is 1. The molecule has 3 nitrogen and oxygen atoms in total. The Bertz CT molecular complexity index is 317. The minimum atomic E-state index is 0.322. The van der Waals surface area contributed by atoms with Crippen LogP contribution in [0.5, 0.6) is 5.75 Å². The lowest BCUT2D eigenvalue weighted by Gasteiger charge is -1.82. The topological polar surface area (TPSA) is 48.9 Å². The Morgan fingerprint density at radius 3 is 1.65 bits per heavy atom. The van der Waals surface area contributed by atoms with Crippen LogP contribution in [0.1, 0.15) is 33.4 Å². The fourth-order valence-corrected chi connectivity index (χ4v) is 0.753. The number of H-pyrrole nitrogens is 1. The summed E-state index contributed by atoms with van der Waals surface area (Å²) < 4.78 is 0. The van der Waals surface area contributed by atoms with Crippen molar-refractivity contribution < 1.29 is 5.11 Å². The van der Waals surface area contributed by atoms with Gasteiger partial charge in [0.25, 0.3) is 0 Å². The highest BCUT2D eigenvalue weighted by molar-refractivity contribution is 5.18. The van der Waals surface area contributed by atoms with E-state index in [0.29, 0.717) is 5.75 Å². The Kier molecular flexibility index (Phi) is 14.7. The minimum Gasteiger partial charge on any atom is -0.508 e. The molecule has 0 atom stereocenters. The van der Waals surface area contributed by atoms with Crippen LogP contribution in [0, 0.1) is 6.92 Å². The Labute approximate surface area is 105 Å². The second-order valence-electron chi connectivity index (χ2n) is 2.58. The number of aromatic nitrogens is 2. The van der Waals surface area contributed by atoms with Gasteiger partial charge in [0, 0.05) is 11.9 Å². The summed E-state index contributed by atoms with van der Waals surface area (Å²) >= 11 is 0. The van der Waals surface area contributed by atoms with E-state index in [4.69, 9.17) is 5.11 Å². The van der Waals surface area contributed by atoms with Gasteiger partial charge in [-0.05, 0) is 25.1 Å². The molecule has 3 heteroatoms. The highest BCUT2D eigenvalue weighted by atomic mass is 16.3. The zero-order valence-corrected chi connectivity index (χ0v) is 11.4. The number of para-hydroxylation sites is 1. The second kappa shape index (κ2) is 14.2. The van der Waals surface area contributed by atoms with Crippen LogP contribution in [0.2, 0.25) is 0 Å². The van der Waals surface area contributed by atoms with Crippen LogP contribution >= 0.6 is 0 Å². The van der Waals surface area contributed by atoms with Gasteiger partial charge >= 0.3 is 0 Å². The Balaban J connectivity index is 0. The first kappa shape index (κ1) is 17.6. The summed E-state index contributed by atoms with van der Waals surface area (Å²) in [5.41, 5.74) is 1.11. The summed E-state index contributed by atoms with van der Waals surface area (Å²) in [6.45, 7) is 9.97. The number of rotatable bonds is 0. The molecular weight excluding hydrogens is 212 g/mol. The third-order valence-corrected chi connectivity index (χ3v) is 1.40. The summed E-state index contributed by atoms with van der Waals surface area (Å²) in [6, 6.07) is 10.6. The Morgan fingerprint density at radius 2 is 1.47 bits per heavy atom. The van der Waals surface area contributed by atoms with Crippen molar-refractivity contribution in [1.29, 1.82) is 0 Å². The molecule has 2 N–H and O–H groups in total. The molecule has 0 fully saturated rings. The van der Waals surface area contributed by atoms with E-state index < -0.39 is 0 Å². The summed E-state index contributed by atoms with van der Waals surface area (Å²) in [6.07, 6.45) is 1.73. The normalized spacial score (nSPS) is 7.35. The summed E-state index contributed by atoms with van der Waals surface area (Å²) in [7, 11) is 0. The maximum Gasteiger partial charge on any atom is 0.115 e. The number of hydrogen-bond donors (Lipinski definition) is 2. The van der Waals surface area contributed by atoms with Crippen LogP contribution in [0.25, 0.3) is 0 Å². The third-order valence-electron chi connectivity index (χ3n) is 1.40. The van der Waals surface area contributed by atoms with Gasteiger partial charge in [-0.2, -0.15) is 5.10 Å². The lowest BCUT2D eigenvalue weighted by Crippen LogP contribution is -1.65. The van der Waals surface area contributed by atoms with Crippen LogP contribution in [0.15, 0.2) is 42.6 Å². The monoisotopic (exact) mass is 236 g/mol. The molecule has 0 saturated heterocycles. The average molecular weight is 236 g/mol. The first-order chi connectivity index (χ1) is 8.29. The molecule has 17 heavy (non-hydrogen) atoms. The van der Waals surface area contributed by atoms with E-state index in [-0.39, 0.29) is 0 Å². The van der Waals surface area contributed by atoms with Crippen molar-refractivity contribution in [3.05, 3.63) is 48.3 Å². The maximum atomic E-state index is 8.63. The number of phenols is 1. The van der Waals surface area contributed by atoms with Gasteiger partial charge in [-0.3, -0.25) is 5.10 Å². The lowest BCUT2D eigenvalue weighted by atomic mass is 10.3. The molecule has 1 aromatic heterocycles. The molecule has 0 spiro atoms. The van der Waals surface area contributed by atoms with Crippen molar-refractivity contribution in [3.63, 3.8) is 0 Å². The van der Waals surface area contributed by atoms with Gasteiger partial charge in [0.15, 0.2) is 0 Å². The number of benzene rings is 1. The van der Waals surface area contributed by atoms with Crippen LogP contribution in [0.4, 0.5) is 0 Å². The molecule has 0 radical (unpaired) electrons. The molecule has 96 valence electrons. The molecule has 0 aliphatic rings. The number of nitrogens with zero attached hydrogens (tertiary/aromatic N) is 1. The number of aryl methyl sites for hydroxylation is 1. The van der Waals surface area contributed by atoms with Crippen molar-refractivity contribution in [2.24, 2.45) is 0 Å². The van der Waals surface area contributed by atoms with Crippen LogP contribution in [0.3, 0.4) is 0 Å². The van der Waals surface area contributed by atoms with Crippen LogP contribution in [-0.4, -0.2) is 15.3 Å². The fraction of sp³-hybridized carbons (Fsp3) is 0.357. The maximum absolute atomic E-state index is 8.63. The van der Waals surface area contributed by atoms with Gasteiger partial charge < -0.3 is 5.11 Å². The van der Waals surface area contributed by atoms with Crippen molar-refractivity contribution in [1.82, 2.24) is 10.2 Å². The van der Waals surface area contributed by atoms with Crippen molar-refractivity contribution >= 4 is 0 Å². The SMILES string of the molecule is CC.CC.Cc1ccn[nH]1.Oc1ccccc1. The summed E-state index contributed by atoms with van der Waals surface area (Å²) in [5, 5.41) is 15.1. The van der Waals surface area contributed by atoms with Crippen molar-refractivity contribution in [3.8, 4) is 5.75 Å². The van der Waals surface area contributed by atoms with Crippen LogP contribution in [-0.2, 0) is 0 Å². The Hall–Kier alpha value is -1.77. The number of phenolic OH excluding ortho intramolecular Hbond substituents is 1. The van der Waals surface area contributed by atoms with E-state index in [1.807, 2.05) is 46.8 Å². The molecule has 0 aliphatic carbocycles. The van der Waals surface area contributed by atoms with Gasteiger partial charge in [0.2, 0.25) is 0 Å². The van der Waals surface area contributed by atoms with Crippen molar-refractivity contribution in [2.75, 3.05) is 0 Å². The van der Waals surface area contributed by atoms with E-state index in [0.717, 1.165) is 5.69 Å². The van der Waals surface area contributed by atoms with Gasteiger partial charge in [-0.15, -0.1) is 0 Å². The zero-order chi connectivity index (χ0) is 13.5.